The van der Waals surface area contributed by atoms with E-state index in [4.69, 9.17) is 0 Å². The summed E-state index contributed by atoms with van der Waals surface area (Å²) in [5.74, 6) is 0. The highest BCUT2D eigenvalue weighted by Crippen LogP contribution is 2.08. The van der Waals surface area contributed by atoms with Gasteiger partial charge in [0.25, 0.3) is 0 Å². The number of aryl methyl sites for hydroxylation is 1. The fraction of sp³-hybridized carbons (Fsp3) is 0.538. The van der Waals surface area contributed by atoms with Crippen LogP contribution in [0.1, 0.15) is 25.3 Å². The van der Waals surface area contributed by atoms with Crippen molar-refractivity contribution in [3.8, 4) is 0 Å². The van der Waals surface area contributed by atoms with Gasteiger partial charge in [-0.1, -0.05) is 30.3 Å². The molecule has 0 N–H and O–H groups in total. The Labute approximate surface area is 87.7 Å². The van der Waals surface area contributed by atoms with Crippen LogP contribution >= 0.6 is 0 Å². The molecule has 0 heterocycles. The van der Waals surface area contributed by atoms with Crippen molar-refractivity contribution in [2.75, 3.05) is 14.1 Å². The Bertz CT molecular complexity index is 241. The molecule has 1 aromatic carbocycles. The minimum Gasteiger partial charge on any atom is -0.307 e. The molecular weight excluding hydrogens is 170 g/mol. The van der Waals surface area contributed by atoms with E-state index in [0.29, 0.717) is 6.04 Å². The number of nitrogens with zero attached hydrogens (tertiary/aromatic N) is 1. The van der Waals surface area contributed by atoms with Crippen LogP contribution in [0.5, 0.6) is 0 Å². The molecule has 14 heavy (non-hydrogen) atoms. The molecule has 0 saturated heterocycles. The van der Waals surface area contributed by atoms with Gasteiger partial charge >= 0.3 is 0 Å². The lowest BCUT2D eigenvalue weighted by Crippen LogP contribution is -2.24. The molecule has 78 valence electrons. The van der Waals surface area contributed by atoms with Gasteiger partial charge in [0.15, 0.2) is 0 Å². The van der Waals surface area contributed by atoms with E-state index in [0.717, 1.165) is 0 Å². The van der Waals surface area contributed by atoms with Crippen LogP contribution < -0.4 is 0 Å². The summed E-state index contributed by atoms with van der Waals surface area (Å²) in [6, 6.07) is 11.4. The lowest BCUT2D eigenvalue weighted by molar-refractivity contribution is 0.294. The van der Waals surface area contributed by atoms with Crippen molar-refractivity contribution in [2.45, 2.75) is 32.2 Å². The third-order valence-corrected chi connectivity index (χ3v) is 2.81. The summed E-state index contributed by atoms with van der Waals surface area (Å²) in [6.07, 6.45) is 3.77. The van der Waals surface area contributed by atoms with E-state index in [9.17, 15) is 0 Å². The first-order chi connectivity index (χ1) is 6.70. The normalized spacial score (nSPS) is 13.1. The summed E-state index contributed by atoms with van der Waals surface area (Å²) in [7, 11) is 4.29. The second kappa shape index (κ2) is 5.82. The minimum absolute atomic E-state index is 0.693. The van der Waals surface area contributed by atoms with E-state index in [1.807, 2.05) is 0 Å². The van der Waals surface area contributed by atoms with Gasteiger partial charge in [0.05, 0.1) is 0 Å². The molecule has 0 aliphatic heterocycles. The molecular formula is C13H21N. The van der Waals surface area contributed by atoms with E-state index >= 15 is 0 Å². The molecule has 0 aliphatic rings. The third-order valence-electron chi connectivity index (χ3n) is 2.81. The second-order valence-electron chi connectivity index (χ2n) is 4.19. The predicted octanol–water partition coefficient (Wildman–Crippen LogP) is 2.96. The number of rotatable bonds is 5. The molecule has 0 amide bonds. The van der Waals surface area contributed by atoms with Gasteiger partial charge in [0.2, 0.25) is 0 Å². The Kier molecular flexibility index (Phi) is 4.68. The molecule has 1 rings (SSSR count). The van der Waals surface area contributed by atoms with Gasteiger partial charge < -0.3 is 4.90 Å². The van der Waals surface area contributed by atoms with Crippen LogP contribution in [0.25, 0.3) is 0 Å². The van der Waals surface area contributed by atoms with Crippen molar-refractivity contribution in [3.63, 3.8) is 0 Å². The minimum atomic E-state index is 0.693. The van der Waals surface area contributed by atoms with E-state index in [1.165, 1.54) is 24.8 Å². The first-order valence-electron chi connectivity index (χ1n) is 5.40. The Morgan fingerprint density at radius 2 is 1.79 bits per heavy atom. The van der Waals surface area contributed by atoms with Gasteiger partial charge in [-0.05, 0) is 45.8 Å². The molecule has 0 saturated carbocycles. The van der Waals surface area contributed by atoms with Gasteiger partial charge in [-0.2, -0.15) is 0 Å². The first-order valence-corrected chi connectivity index (χ1v) is 5.40. The summed E-state index contributed by atoms with van der Waals surface area (Å²) in [6.45, 7) is 2.28. The average molecular weight is 191 g/mol. The maximum absolute atomic E-state index is 2.28. The summed E-state index contributed by atoms with van der Waals surface area (Å²) < 4.78 is 0. The van der Waals surface area contributed by atoms with Gasteiger partial charge in [-0.15, -0.1) is 0 Å². The van der Waals surface area contributed by atoms with Gasteiger partial charge in [-0.25, -0.2) is 0 Å². The predicted molar refractivity (Wildman–Crippen MR) is 62.5 cm³/mol. The van der Waals surface area contributed by atoms with Gasteiger partial charge in [0.1, 0.15) is 0 Å². The lowest BCUT2D eigenvalue weighted by Gasteiger charge is -2.19. The molecule has 0 radical (unpaired) electrons. The fourth-order valence-electron chi connectivity index (χ4n) is 1.50. The summed E-state index contributed by atoms with van der Waals surface area (Å²) >= 11 is 0. The second-order valence-corrected chi connectivity index (χ2v) is 4.19. The molecule has 0 bridgehead atoms. The highest BCUT2D eigenvalue weighted by molar-refractivity contribution is 5.14. The molecule has 1 aromatic rings. The standard InChI is InChI=1S/C13H21N/c1-12(14(2)3)8-7-11-13-9-5-4-6-10-13/h4-6,9-10,12H,7-8,11H2,1-3H3. The lowest BCUT2D eigenvalue weighted by atomic mass is 10.1. The van der Waals surface area contributed by atoms with Crippen molar-refractivity contribution >= 4 is 0 Å². The fourth-order valence-corrected chi connectivity index (χ4v) is 1.50. The summed E-state index contributed by atoms with van der Waals surface area (Å²) in [5, 5.41) is 0. The van der Waals surface area contributed by atoms with Crippen LogP contribution in [0.2, 0.25) is 0 Å². The van der Waals surface area contributed by atoms with E-state index in [1.54, 1.807) is 0 Å². The third kappa shape index (κ3) is 3.93. The molecule has 0 aromatic heterocycles. The van der Waals surface area contributed by atoms with Crippen molar-refractivity contribution in [2.24, 2.45) is 0 Å². The van der Waals surface area contributed by atoms with Crippen molar-refractivity contribution in [3.05, 3.63) is 35.9 Å². The van der Waals surface area contributed by atoms with Crippen LogP contribution in [0.4, 0.5) is 0 Å². The Morgan fingerprint density at radius 3 is 2.36 bits per heavy atom. The molecule has 1 unspecified atom stereocenters. The Hall–Kier alpha value is -0.820. The molecule has 0 aliphatic carbocycles. The van der Waals surface area contributed by atoms with Crippen LogP contribution in [0, 0.1) is 0 Å². The van der Waals surface area contributed by atoms with Crippen LogP contribution in [0.3, 0.4) is 0 Å². The first kappa shape index (κ1) is 11.3. The quantitative estimate of drug-likeness (QED) is 0.691. The van der Waals surface area contributed by atoms with E-state index in [-0.39, 0.29) is 0 Å². The van der Waals surface area contributed by atoms with Crippen molar-refractivity contribution in [1.29, 1.82) is 0 Å². The number of hydrogen-bond donors (Lipinski definition) is 0. The van der Waals surface area contributed by atoms with E-state index in [2.05, 4.69) is 56.3 Å². The van der Waals surface area contributed by atoms with Crippen LogP contribution in [-0.4, -0.2) is 25.0 Å². The van der Waals surface area contributed by atoms with Gasteiger partial charge in [-0.3, -0.25) is 0 Å². The molecule has 1 heteroatoms. The Balaban J connectivity index is 2.22. The van der Waals surface area contributed by atoms with E-state index < -0.39 is 0 Å². The zero-order chi connectivity index (χ0) is 10.4. The zero-order valence-electron chi connectivity index (χ0n) is 9.53. The zero-order valence-corrected chi connectivity index (χ0v) is 9.53. The summed E-state index contributed by atoms with van der Waals surface area (Å²) in [4.78, 5) is 2.28. The highest BCUT2D eigenvalue weighted by Gasteiger charge is 2.03. The summed E-state index contributed by atoms with van der Waals surface area (Å²) in [5.41, 5.74) is 1.46. The van der Waals surface area contributed by atoms with Crippen LogP contribution in [-0.2, 0) is 6.42 Å². The largest absolute Gasteiger partial charge is 0.307 e. The topological polar surface area (TPSA) is 3.24 Å². The smallest absolute Gasteiger partial charge is 0.00609 e. The Morgan fingerprint density at radius 1 is 1.14 bits per heavy atom. The molecule has 0 fully saturated rings. The van der Waals surface area contributed by atoms with Crippen LogP contribution in [0.15, 0.2) is 30.3 Å². The monoisotopic (exact) mass is 191 g/mol. The van der Waals surface area contributed by atoms with Crippen molar-refractivity contribution < 1.29 is 0 Å². The number of benzene rings is 1. The van der Waals surface area contributed by atoms with Crippen molar-refractivity contribution in [1.82, 2.24) is 4.90 Å². The molecule has 1 atom stereocenters. The SMILES string of the molecule is CC(CCCc1ccccc1)N(C)C. The average Bonchev–Trinajstić information content (AvgIpc) is 2.19. The van der Waals surface area contributed by atoms with Gasteiger partial charge in [0, 0.05) is 6.04 Å². The number of hydrogen-bond acceptors (Lipinski definition) is 1. The molecule has 0 spiro atoms. The maximum atomic E-state index is 2.28. The highest BCUT2D eigenvalue weighted by atomic mass is 15.1. The maximum Gasteiger partial charge on any atom is 0.00609 e. The molecule has 1 nitrogen and oxygen atoms in total.